The quantitative estimate of drug-likeness (QED) is 0.681. The van der Waals surface area contributed by atoms with Crippen LogP contribution in [0.5, 0.6) is 0 Å². The van der Waals surface area contributed by atoms with Crippen LogP contribution in [0.15, 0.2) is 50.9 Å². The Morgan fingerprint density at radius 1 is 1.42 bits per heavy atom. The number of rotatable bonds is 4. The van der Waals surface area contributed by atoms with Crippen LogP contribution >= 0.6 is 27.7 Å². The molecule has 0 fully saturated rings. The minimum Gasteiger partial charge on any atom is -0.392 e. The molecule has 0 saturated heterocycles. The van der Waals surface area contributed by atoms with E-state index in [1.807, 2.05) is 6.07 Å². The molecule has 0 aliphatic heterocycles. The van der Waals surface area contributed by atoms with Crippen molar-refractivity contribution >= 4 is 33.4 Å². The number of benzene rings is 1. The summed E-state index contributed by atoms with van der Waals surface area (Å²) in [5, 5.41) is 20.7. The van der Waals surface area contributed by atoms with Gasteiger partial charge in [0.05, 0.1) is 20.9 Å². The number of aliphatic hydroxyl groups excluding tert-OH is 1. The third-order valence-electron chi connectivity index (χ3n) is 2.33. The van der Waals surface area contributed by atoms with Crippen LogP contribution < -0.4 is 0 Å². The SMILES string of the molecule is O=[N+]([O-])c1cc(CO)ccc1Sc1ncccc1Br. The molecule has 5 nitrogen and oxygen atoms in total. The number of hydrogen-bond acceptors (Lipinski definition) is 5. The minimum absolute atomic E-state index is 0.0332. The van der Waals surface area contributed by atoms with Crippen molar-refractivity contribution in [2.45, 2.75) is 16.5 Å². The van der Waals surface area contributed by atoms with E-state index < -0.39 is 4.92 Å². The van der Waals surface area contributed by atoms with Gasteiger partial charge in [-0.3, -0.25) is 10.1 Å². The van der Waals surface area contributed by atoms with E-state index in [9.17, 15) is 10.1 Å². The molecular formula is C12H9BrN2O3S. The summed E-state index contributed by atoms with van der Waals surface area (Å²) >= 11 is 4.56. The maximum absolute atomic E-state index is 11.0. The number of nitro groups is 1. The van der Waals surface area contributed by atoms with Crippen molar-refractivity contribution in [3.63, 3.8) is 0 Å². The van der Waals surface area contributed by atoms with Crippen molar-refractivity contribution in [1.29, 1.82) is 0 Å². The third-order valence-corrected chi connectivity index (χ3v) is 4.32. The number of pyridine rings is 1. The van der Waals surface area contributed by atoms with Gasteiger partial charge in [-0.2, -0.15) is 0 Å². The second-order valence-corrected chi connectivity index (χ2v) is 5.49. The average Bonchev–Trinajstić information content (AvgIpc) is 2.41. The van der Waals surface area contributed by atoms with E-state index in [4.69, 9.17) is 5.11 Å². The van der Waals surface area contributed by atoms with E-state index >= 15 is 0 Å². The number of aliphatic hydroxyl groups is 1. The van der Waals surface area contributed by atoms with Crippen molar-refractivity contribution in [2.75, 3.05) is 0 Å². The summed E-state index contributed by atoms with van der Waals surface area (Å²) < 4.78 is 0.778. The molecule has 0 radical (unpaired) electrons. The fourth-order valence-corrected chi connectivity index (χ4v) is 2.80. The van der Waals surface area contributed by atoms with Gasteiger partial charge in [0.2, 0.25) is 0 Å². The van der Waals surface area contributed by atoms with Gasteiger partial charge in [0, 0.05) is 12.3 Å². The summed E-state index contributed by atoms with van der Waals surface area (Å²) in [5.74, 6) is 0. The molecule has 1 heterocycles. The molecule has 19 heavy (non-hydrogen) atoms. The molecule has 0 atom stereocenters. The Labute approximate surface area is 122 Å². The largest absolute Gasteiger partial charge is 0.392 e. The van der Waals surface area contributed by atoms with E-state index in [1.54, 1.807) is 24.4 Å². The fourth-order valence-electron chi connectivity index (χ4n) is 1.44. The number of aromatic nitrogens is 1. The summed E-state index contributed by atoms with van der Waals surface area (Å²) in [7, 11) is 0. The van der Waals surface area contributed by atoms with Crippen molar-refractivity contribution in [2.24, 2.45) is 0 Å². The second-order valence-electron chi connectivity index (χ2n) is 3.61. The summed E-state index contributed by atoms with van der Waals surface area (Å²) in [5.41, 5.74) is 0.477. The number of halogens is 1. The first-order valence-corrected chi connectivity index (χ1v) is 6.89. The molecule has 0 amide bonds. The lowest BCUT2D eigenvalue weighted by Crippen LogP contribution is -1.94. The van der Waals surface area contributed by atoms with Crippen LogP contribution in [-0.4, -0.2) is 15.0 Å². The highest BCUT2D eigenvalue weighted by Gasteiger charge is 2.17. The fraction of sp³-hybridized carbons (Fsp3) is 0.0833. The van der Waals surface area contributed by atoms with Gasteiger partial charge in [-0.05, 0) is 39.7 Å². The van der Waals surface area contributed by atoms with Gasteiger partial charge in [0.1, 0.15) is 5.03 Å². The highest BCUT2D eigenvalue weighted by molar-refractivity contribution is 9.10. The monoisotopic (exact) mass is 340 g/mol. The predicted octanol–water partition coefficient (Wildman–Crippen LogP) is 3.40. The average molecular weight is 341 g/mol. The van der Waals surface area contributed by atoms with Crippen LogP contribution in [0.1, 0.15) is 5.56 Å². The van der Waals surface area contributed by atoms with Gasteiger partial charge in [0.25, 0.3) is 5.69 Å². The summed E-state index contributed by atoms with van der Waals surface area (Å²) in [6.45, 7) is -0.223. The lowest BCUT2D eigenvalue weighted by molar-refractivity contribution is -0.387. The van der Waals surface area contributed by atoms with Crippen LogP contribution in [-0.2, 0) is 6.61 Å². The summed E-state index contributed by atoms with van der Waals surface area (Å²) in [6, 6.07) is 8.25. The Balaban J connectivity index is 2.40. The maximum atomic E-state index is 11.0. The molecule has 0 bridgehead atoms. The number of hydrogen-bond donors (Lipinski definition) is 1. The number of nitrogens with zero attached hydrogens (tertiary/aromatic N) is 2. The molecule has 2 rings (SSSR count). The molecule has 1 N–H and O–H groups in total. The van der Waals surface area contributed by atoms with Gasteiger partial charge >= 0.3 is 0 Å². The Morgan fingerprint density at radius 3 is 2.84 bits per heavy atom. The van der Waals surface area contributed by atoms with Gasteiger partial charge in [-0.25, -0.2) is 4.98 Å². The van der Waals surface area contributed by atoms with Crippen LogP contribution in [0, 0.1) is 10.1 Å². The second kappa shape index (κ2) is 6.14. The van der Waals surface area contributed by atoms with Crippen LogP contribution in [0.2, 0.25) is 0 Å². The van der Waals surface area contributed by atoms with Crippen molar-refractivity contribution in [1.82, 2.24) is 4.98 Å². The molecule has 0 saturated carbocycles. The lowest BCUT2D eigenvalue weighted by atomic mass is 10.2. The normalized spacial score (nSPS) is 10.4. The Hall–Kier alpha value is -1.44. The first-order chi connectivity index (χ1) is 9.11. The highest BCUT2D eigenvalue weighted by atomic mass is 79.9. The molecule has 1 aromatic heterocycles. The van der Waals surface area contributed by atoms with E-state index in [2.05, 4.69) is 20.9 Å². The Kier molecular flexibility index (Phi) is 4.52. The zero-order chi connectivity index (χ0) is 13.8. The molecule has 0 aliphatic carbocycles. The maximum Gasteiger partial charge on any atom is 0.283 e. The Morgan fingerprint density at radius 2 is 2.21 bits per heavy atom. The standard InChI is InChI=1S/C12H9BrN2O3S/c13-9-2-1-5-14-12(9)19-11-4-3-8(7-16)6-10(11)15(17)18/h1-6,16H,7H2. The molecule has 0 aliphatic rings. The minimum atomic E-state index is -0.460. The third kappa shape index (κ3) is 3.31. The lowest BCUT2D eigenvalue weighted by Gasteiger charge is -2.05. The summed E-state index contributed by atoms with van der Waals surface area (Å²) in [4.78, 5) is 15.2. The Bertz CT molecular complexity index is 622. The van der Waals surface area contributed by atoms with E-state index in [-0.39, 0.29) is 12.3 Å². The first kappa shape index (κ1) is 14.0. The zero-order valence-electron chi connectivity index (χ0n) is 9.62. The van der Waals surface area contributed by atoms with Crippen molar-refractivity contribution in [3.05, 3.63) is 56.7 Å². The molecule has 0 spiro atoms. The highest BCUT2D eigenvalue weighted by Crippen LogP contribution is 2.37. The molecule has 2 aromatic rings. The number of nitro benzene ring substituents is 1. The van der Waals surface area contributed by atoms with Gasteiger partial charge in [0.15, 0.2) is 0 Å². The summed E-state index contributed by atoms with van der Waals surface area (Å²) in [6.07, 6.45) is 1.63. The van der Waals surface area contributed by atoms with Gasteiger partial charge in [-0.15, -0.1) is 0 Å². The topological polar surface area (TPSA) is 76.3 Å². The van der Waals surface area contributed by atoms with Crippen LogP contribution in [0.25, 0.3) is 0 Å². The molecule has 0 unspecified atom stereocenters. The molecule has 1 aromatic carbocycles. The van der Waals surface area contributed by atoms with Crippen LogP contribution in [0.3, 0.4) is 0 Å². The zero-order valence-corrected chi connectivity index (χ0v) is 12.0. The van der Waals surface area contributed by atoms with Crippen molar-refractivity contribution in [3.8, 4) is 0 Å². The van der Waals surface area contributed by atoms with Gasteiger partial charge < -0.3 is 5.11 Å². The van der Waals surface area contributed by atoms with E-state index in [0.717, 1.165) is 4.47 Å². The molecule has 98 valence electrons. The van der Waals surface area contributed by atoms with E-state index in [0.29, 0.717) is 15.5 Å². The van der Waals surface area contributed by atoms with Gasteiger partial charge in [-0.1, -0.05) is 17.8 Å². The van der Waals surface area contributed by atoms with Crippen LogP contribution in [0.4, 0.5) is 5.69 Å². The predicted molar refractivity (Wildman–Crippen MR) is 75.1 cm³/mol. The first-order valence-electron chi connectivity index (χ1n) is 5.28. The molecule has 7 heteroatoms. The van der Waals surface area contributed by atoms with Crippen molar-refractivity contribution < 1.29 is 10.0 Å². The van der Waals surface area contributed by atoms with E-state index in [1.165, 1.54) is 17.8 Å². The molecular weight excluding hydrogens is 332 g/mol. The smallest absolute Gasteiger partial charge is 0.283 e.